The summed E-state index contributed by atoms with van der Waals surface area (Å²) in [5.41, 5.74) is 0.579. The van der Waals surface area contributed by atoms with Gasteiger partial charge >= 0.3 is 0 Å². The van der Waals surface area contributed by atoms with Crippen LogP contribution in [0.2, 0.25) is 0 Å². The van der Waals surface area contributed by atoms with Crippen molar-refractivity contribution in [3.8, 4) is 0 Å². The van der Waals surface area contributed by atoms with Crippen LogP contribution in [0.5, 0.6) is 0 Å². The predicted octanol–water partition coefficient (Wildman–Crippen LogP) is 0.967. The minimum Gasteiger partial charge on any atom is -0.376 e. The molecule has 1 aromatic rings. The highest BCUT2D eigenvalue weighted by atomic mass is 32.2. The molecule has 1 saturated heterocycles. The molecule has 1 amide bonds. The predicted molar refractivity (Wildman–Crippen MR) is 76.2 cm³/mol. The molecular formula is C13H18N2O4S. The van der Waals surface area contributed by atoms with Gasteiger partial charge < -0.3 is 10.1 Å². The molecule has 1 fully saturated rings. The van der Waals surface area contributed by atoms with E-state index in [4.69, 9.17) is 4.74 Å². The number of hydrogen-bond donors (Lipinski definition) is 2. The van der Waals surface area contributed by atoms with Crippen molar-refractivity contribution in [2.45, 2.75) is 18.9 Å². The minimum atomic E-state index is -3.42. The zero-order chi connectivity index (χ0) is 14.6. The summed E-state index contributed by atoms with van der Waals surface area (Å²) in [5.74, 6) is -0.313. The number of hydrogen-bond acceptors (Lipinski definition) is 4. The van der Waals surface area contributed by atoms with Crippen LogP contribution in [-0.2, 0) is 14.8 Å². The first-order chi connectivity index (χ1) is 9.46. The molecule has 0 aliphatic carbocycles. The number of nitrogens with one attached hydrogen (secondary N) is 2. The molecule has 1 aromatic carbocycles. The zero-order valence-corrected chi connectivity index (χ0v) is 12.1. The van der Waals surface area contributed by atoms with Crippen LogP contribution in [0.4, 0.5) is 5.69 Å². The fourth-order valence-corrected chi connectivity index (χ4v) is 2.65. The molecule has 0 bridgehead atoms. The van der Waals surface area contributed by atoms with Gasteiger partial charge in [0.05, 0.1) is 23.6 Å². The van der Waals surface area contributed by atoms with Gasteiger partial charge in [-0.15, -0.1) is 0 Å². The van der Waals surface area contributed by atoms with E-state index in [9.17, 15) is 13.2 Å². The molecule has 1 atom stereocenters. The number of benzene rings is 1. The summed E-state index contributed by atoms with van der Waals surface area (Å²) in [5, 5.41) is 2.77. The van der Waals surface area contributed by atoms with Crippen molar-refractivity contribution in [1.29, 1.82) is 0 Å². The second kappa shape index (κ2) is 6.23. The number of anilines is 1. The van der Waals surface area contributed by atoms with Crippen LogP contribution < -0.4 is 10.0 Å². The van der Waals surface area contributed by atoms with E-state index in [0.717, 1.165) is 25.7 Å². The Balaban J connectivity index is 2.05. The van der Waals surface area contributed by atoms with Crippen molar-refractivity contribution in [2.24, 2.45) is 0 Å². The standard InChI is InChI=1S/C13H18N2O4S/c1-20(17,18)15-12-7-3-2-6-11(12)13(16)14-9-10-5-4-8-19-10/h2-3,6-7,10,15H,4-5,8-9H2,1H3,(H,14,16)/t10-/m0/s1. The van der Waals surface area contributed by atoms with E-state index < -0.39 is 10.0 Å². The van der Waals surface area contributed by atoms with Gasteiger partial charge in [-0.1, -0.05) is 12.1 Å². The highest BCUT2D eigenvalue weighted by Gasteiger charge is 2.18. The van der Waals surface area contributed by atoms with E-state index in [1.54, 1.807) is 24.3 Å². The molecule has 1 aliphatic rings. The van der Waals surface area contributed by atoms with E-state index in [-0.39, 0.29) is 17.7 Å². The highest BCUT2D eigenvalue weighted by molar-refractivity contribution is 7.92. The van der Waals surface area contributed by atoms with Crippen LogP contribution in [0.15, 0.2) is 24.3 Å². The Hall–Kier alpha value is -1.60. The third kappa shape index (κ3) is 4.21. The van der Waals surface area contributed by atoms with Crippen LogP contribution in [0.1, 0.15) is 23.2 Å². The average molecular weight is 298 g/mol. The second-order valence-electron chi connectivity index (χ2n) is 4.76. The Morgan fingerprint density at radius 3 is 2.80 bits per heavy atom. The molecule has 1 aliphatic heterocycles. The maximum Gasteiger partial charge on any atom is 0.253 e. The molecule has 0 unspecified atom stereocenters. The number of carbonyl (C=O) groups is 1. The van der Waals surface area contributed by atoms with E-state index >= 15 is 0 Å². The lowest BCUT2D eigenvalue weighted by atomic mass is 10.1. The monoisotopic (exact) mass is 298 g/mol. The van der Waals surface area contributed by atoms with Gasteiger partial charge in [-0.2, -0.15) is 0 Å². The van der Waals surface area contributed by atoms with Gasteiger partial charge in [-0.25, -0.2) is 8.42 Å². The maximum absolute atomic E-state index is 12.1. The molecule has 20 heavy (non-hydrogen) atoms. The fraction of sp³-hybridized carbons (Fsp3) is 0.462. The first-order valence-corrected chi connectivity index (χ1v) is 8.31. The number of para-hydroxylation sites is 1. The van der Waals surface area contributed by atoms with E-state index in [1.807, 2.05) is 0 Å². The van der Waals surface area contributed by atoms with Gasteiger partial charge in [-0.05, 0) is 25.0 Å². The fourth-order valence-electron chi connectivity index (χ4n) is 2.08. The minimum absolute atomic E-state index is 0.0500. The van der Waals surface area contributed by atoms with Crippen LogP contribution in [0, 0.1) is 0 Å². The first kappa shape index (κ1) is 14.8. The lowest BCUT2D eigenvalue weighted by molar-refractivity contribution is 0.0858. The van der Waals surface area contributed by atoms with Crippen molar-refractivity contribution in [3.05, 3.63) is 29.8 Å². The number of sulfonamides is 1. The molecule has 7 heteroatoms. The molecule has 0 saturated carbocycles. The molecular weight excluding hydrogens is 280 g/mol. The van der Waals surface area contributed by atoms with Crippen molar-refractivity contribution in [3.63, 3.8) is 0 Å². The third-order valence-corrected chi connectivity index (χ3v) is 3.57. The summed E-state index contributed by atoms with van der Waals surface area (Å²) in [6.07, 6.45) is 3.04. The van der Waals surface area contributed by atoms with E-state index in [1.165, 1.54) is 0 Å². The Labute approximate surface area is 118 Å². The van der Waals surface area contributed by atoms with Crippen molar-refractivity contribution in [1.82, 2.24) is 5.32 Å². The van der Waals surface area contributed by atoms with Crippen LogP contribution in [-0.4, -0.2) is 39.8 Å². The number of ether oxygens (including phenoxy) is 1. The summed E-state index contributed by atoms with van der Waals surface area (Å²) < 4.78 is 30.3. The van der Waals surface area contributed by atoms with Crippen molar-refractivity contribution in [2.75, 3.05) is 24.1 Å². The van der Waals surface area contributed by atoms with E-state index in [0.29, 0.717) is 12.1 Å². The van der Waals surface area contributed by atoms with Gasteiger partial charge in [0.15, 0.2) is 0 Å². The second-order valence-corrected chi connectivity index (χ2v) is 6.51. The molecule has 0 radical (unpaired) electrons. The normalized spacial score (nSPS) is 18.8. The van der Waals surface area contributed by atoms with Crippen molar-refractivity contribution >= 4 is 21.6 Å². The average Bonchev–Trinajstić information content (AvgIpc) is 2.88. The van der Waals surface area contributed by atoms with Crippen LogP contribution in [0.25, 0.3) is 0 Å². The largest absolute Gasteiger partial charge is 0.376 e. The number of rotatable bonds is 5. The lowest BCUT2D eigenvalue weighted by Gasteiger charge is -2.13. The third-order valence-electron chi connectivity index (χ3n) is 2.98. The van der Waals surface area contributed by atoms with Gasteiger partial charge in [0.1, 0.15) is 0 Å². The summed E-state index contributed by atoms with van der Waals surface area (Å²) in [7, 11) is -3.42. The summed E-state index contributed by atoms with van der Waals surface area (Å²) in [6, 6.07) is 6.50. The Morgan fingerprint density at radius 1 is 1.40 bits per heavy atom. The Morgan fingerprint density at radius 2 is 2.15 bits per heavy atom. The van der Waals surface area contributed by atoms with Gasteiger partial charge in [0, 0.05) is 13.2 Å². The quantitative estimate of drug-likeness (QED) is 0.848. The molecule has 0 aromatic heterocycles. The van der Waals surface area contributed by atoms with Gasteiger partial charge in [0.25, 0.3) is 5.91 Å². The molecule has 2 N–H and O–H groups in total. The topological polar surface area (TPSA) is 84.5 Å². The molecule has 110 valence electrons. The molecule has 6 nitrogen and oxygen atoms in total. The molecule has 0 spiro atoms. The van der Waals surface area contributed by atoms with Gasteiger partial charge in [0.2, 0.25) is 10.0 Å². The van der Waals surface area contributed by atoms with Crippen LogP contribution >= 0.6 is 0 Å². The molecule has 1 heterocycles. The summed E-state index contributed by atoms with van der Waals surface area (Å²) in [4.78, 5) is 12.1. The molecule has 2 rings (SSSR count). The Kier molecular flexibility index (Phi) is 4.61. The lowest BCUT2D eigenvalue weighted by Crippen LogP contribution is -2.32. The maximum atomic E-state index is 12.1. The van der Waals surface area contributed by atoms with Gasteiger partial charge in [-0.3, -0.25) is 9.52 Å². The summed E-state index contributed by atoms with van der Waals surface area (Å²) >= 11 is 0. The summed E-state index contributed by atoms with van der Waals surface area (Å²) in [6.45, 7) is 1.17. The Bertz CT molecular complexity index is 580. The highest BCUT2D eigenvalue weighted by Crippen LogP contribution is 2.16. The van der Waals surface area contributed by atoms with E-state index in [2.05, 4.69) is 10.0 Å². The SMILES string of the molecule is CS(=O)(=O)Nc1ccccc1C(=O)NC[C@@H]1CCCO1. The zero-order valence-electron chi connectivity index (χ0n) is 11.3. The first-order valence-electron chi connectivity index (χ1n) is 6.42. The van der Waals surface area contributed by atoms with Crippen molar-refractivity contribution < 1.29 is 17.9 Å². The smallest absolute Gasteiger partial charge is 0.253 e. The number of amides is 1. The van der Waals surface area contributed by atoms with Crippen LogP contribution in [0.3, 0.4) is 0 Å². The number of carbonyl (C=O) groups excluding carboxylic acids is 1.